The molecular formula is C18H28O2. The van der Waals surface area contributed by atoms with Crippen LogP contribution in [0.25, 0.3) is 0 Å². The van der Waals surface area contributed by atoms with E-state index in [0.717, 1.165) is 31.1 Å². The summed E-state index contributed by atoms with van der Waals surface area (Å²) >= 11 is 0. The van der Waals surface area contributed by atoms with E-state index in [1.807, 2.05) is 0 Å². The summed E-state index contributed by atoms with van der Waals surface area (Å²) in [5, 5.41) is 0. The fraction of sp³-hybridized carbons (Fsp3) is 0.667. The van der Waals surface area contributed by atoms with E-state index in [9.17, 15) is 0 Å². The van der Waals surface area contributed by atoms with Crippen LogP contribution in [0.3, 0.4) is 0 Å². The van der Waals surface area contributed by atoms with Gasteiger partial charge >= 0.3 is 0 Å². The predicted molar refractivity (Wildman–Crippen MR) is 83.2 cm³/mol. The van der Waals surface area contributed by atoms with Gasteiger partial charge in [0.2, 0.25) is 0 Å². The Hall–Kier alpha value is -1.02. The van der Waals surface area contributed by atoms with E-state index in [1.165, 1.54) is 37.7 Å². The maximum Gasteiger partial charge on any atom is 0.119 e. The molecule has 1 atom stereocenters. The van der Waals surface area contributed by atoms with Crippen LogP contribution >= 0.6 is 0 Å². The van der Waals surface area contributed by atoms with Crippen molar-refractivity contribution in [3.63, 3.8) is 0 Å². The van der Waals surface area contributed by atoms with E-state index in [2.05, 4.69) is 31.2 Å². The van der Waals surface area contributed by atoms with Crippen LogP contribution in [0.1, 0.15) is 63.5 Å². The molecule has 2 heteroatoms. The third kappa shape index (κ3) is 4.52. The highest BCUT2D eigenvalue weighted by atomic mass is 16.5. The van der Waals surface area contributed by atoms with E-state index >= 15 is 0 Å². The van der Waals surface area contributed by atoms with Crippen LogP contribution in [0.5, 0.6) is 5.75 Å². The maximum absolute atomic E-state index is 6.00. The topological polar surface area (TPSA) is 18.5 Å². The minimum atomic E-state index is 0.193. The minimum absolute atomic E-state index is 0.193. The van der Waals surface area contributed by atoms with Crippen LogP contribution in [-0.2, 0) is 4.74 Å². The summed E-state index contributed by atoms with van der Waals surface area (Å²) in [6.45, 7) is 3.06. The fourth-order valence-electron chi connectivity index (χ4n) is 3.06. The monoisotopic (exact) mass is 276 g/mol. The molecule has 0 N–H and O–H groups in total. The van der Waals surface area contributed by atoms with Gasteiger partial charge in [-0.05, 0) is 42.9 Å². The van der Waals surface area contributed by atoms with Gasteiger partial charge in [0.25, 0.3) is 0 Å². The van der Waals surface area contributed by atoms with Crippen molar-refractivity contribution < 1.29 is 9.47 Å². The van der Waals surface area contributed by atoms with Crippen molar-refractivity contribution in [2.45, 2.75) is 58.0 Å². The Morgan fingerprint density at radius 2 is 2.00 bits per heavy atom. The van der Waals surface area contributed by atoms with Gasteiger partial charge in [-0.15, -0.1) is 0 Å². The molecule has 0 spiro atoms. The number of benzene rings is 1. The van der Waals surface area contributed by atoms with E-state index < -0.39 is 0 Å². The lowest BCUT2D eigenvalue weighted by Crippen LogP contribution is -2.15. The molecule has 0 aromatic heterocycles. The first kappa shape index (κ1) is 15.4. The molecular weight excluding hydrogens is 248 g/mol. The molecule has 1 aromatic carbocycles. The Balaban J connectivity index is 1.91. The second-order valence-corrected chi connectivity index (χ2v) is 5.90. The Labute approximate surface area is 123 Å². The number of methoxy groups -OCH3 is 1. The molecule has 1 aromatic rings. The zero-order valence-corrected chi connectivity index (χ0v) is 12.9. The molecule has 0 radical (unpaired) electrons. The molecule has 0 amide bonds. The molecule has 112 valence electrons. The lowest BCUT2D eigenvalue weighted by molar-refractivity contribution is 0.0946. The van der Waals surface area contributed by atoms with Gasteiger partial charge in [0, 0.05) is 7.11 Å². The maximum atomic E-state index is 6.00. The summed E-state index contributed by atoms with van der Waals surface area (Å²) in [5.41, 5.74) is 1.23. The highest BCUT2D eigenvalue weighted by molar-refractivity contribution is 5.30. The van der Waals surface area contributed by atoms with Gasteiger partial charge in [-0.3, -0.25) is 0 Å². The second-order valence-electron chi connectivity index (χ2n) is 5.90. The number of rotatable bonds is 7. The fourth-order valence-corrected chi connectivity index (χ4v) is 3.06. The summed E-state index contributed by atoms with van der Waals surface area (Å²) in [4.78, 5) is 0. The Morgan fingerprint density at radius 3 is 2.70 bits per heavy atom. The van der Waals surface area contributed by atoms with E-state index in [4.69, 9.17) is 9.47 Å². The van der Waals surface area contributed by atoms with Crippen molar-refractivity contribution in [2.24, 2.45) is 5.92 Å². The molecule has 1 saturated carbocycles. The second kappa shape index (κ2) is 8.31. The third-order valence-electron chi connectivity index (χ3n) is 4.28. The van der Waals surface area contributed by atoms with Crippen LogP contribution < -0.4 is 4.74 Å². The summed E-state index contributed by atoms with van der Waals surface area (Å²) in [6.07, 6.45) is 9.18. The molecule has 20 heavy (non-hydrogen) atoms. The van der Waals surface area contributed by atoms with E-state index in [-0.39, 0.29) is 6.10 Å². The van der Waals surface area contributed by atoms with Crippen LogP contribution in [-0.4, -0.2) is 13.7 Å². The molecule has 0 bridgehead atoms. The predicted octanol–water partition coefficient (Wildman–Crippen LogP) is 5.13. The molecule has 2 rings (SSSR count). The average molecular weight is 276 g/mol. The molecule has 0 heterocycles. The van der Waals surface area contributed by atoms with Gasteiger partial charge in [-0.2, -0.15) is 0 Å². The third-order valence-corrected chi connectivity index (χ3v) is 4.28. The van der Waals surface area contributed by atoms with Gasteiger partial charge < -0.3 is 9.47 Å². The van der Waals surface area contributed by atoms with E-state index in [1.54, 1.807) is 7.11 Å². The van der Waals surface area contributed by atoms with Crippen molar-refractivity contribution in [1.82, 2.24) is 0 Å². The molecule has 1 aliphatic rings. The lowest BCUT2D eigenvalue weighted by Gasteiger charge is -2.22. The number of ether oxygens (including phenoxy) is 2. The average Bonchev–Trinajstić information content (AvgIpc) is 2.52. The molecule has 1 aliphatic carbocycles. The van der Waals surface area contributed by atoms with Gasteiger partial charge in [0.05, 0.1) is 12.7 Å². The largest absolute Gasteiger partial charge is 0.493 e. The molecule has 0 aliphatic heterocycles. The molecule has 2 nitrogen and oxygen atoms in total. The smallest absolute Gasteiger partial charge is 0.119 e. The minimum Gasteiger partial charge on any atom is -0.493 e. The summed E-state index contributed by atoms with van der Waals surface area (Å²) in [6, 6.07) is 8.42. The summed E-state index contributed by atoms with van der Waals surface area (Å²) in [7, 11) is 1.79. The zero-order valence-electron chi connectivity index (χ0n) is 12.9. The Morgan fingerprint density at radius 1 is 1.20 bits per heavy atom. The van der Waals surface area contributed by atoms with Crippen LogP contribution in [0.15, 0.2) is 24.3 Å². The summed E-state index contributed by atoms with van der Waals surface area (Å²) in [5.74, 6) is 1.74. The highest BCUT2D eigenvalue weighted by Crippen LogP contribution is 2.27. The highest BCUT2D eigenvalue weighted by Gasteiger charge is 2.15. The molecule has 1 fully saturated rings. The van der Waals surface area contributed by atoms with Crippen LogP contribution in [0, 0.1) is 5.92 Å². The lowest BCUT2D eigenvalue weighted by atomic mass is 9.90. The van der Waals surface area contributed by atoms with Crippen molar-refractivity contribution in [2.75, 3.05) is 13.7 Å². The normalized spacial score (nSPS) is 17.9. The first-order valence-electron chi connectivity index (χ1n) is 8.09. The molecule has 0 saturated heterocycles. The zero-order chi connectivity index (χ0) is 14.2. The van der Waals surface area contributed by atoms with Gasteiger partial charge in [0.1, 0.15) is 5.75 Å². The van der Waals surface area contributed by atoms with Crippen LogP contribution in [0.4, 0.5) is 0 Å². The number of hydrogen-bond acceptors (Lipinski definition) is 2. The standard InChI is InChI=1S/C18H28O2/c1-3-8-18(19-2)16-11-7-12-17(13-16)20-14-15-9-5-4-6-10-15/h7,11-13,15,18H,3-6,8-10,14H2,1-2H3. The van der Waals surface area contributed by atoms with Crippen molar-refractivity contribution >= 4 is 0 Å². The Kier molecular flexibility index (Phi) is 6.38. The Bertz CT molecular complexity index is 383. The van der Waals surface area contributed by atoms with Gasteiger partial charge in [0.15, 0.2) is 0 Å². The number of hydrogen-bond donors (Lipinski definition) is 0. The van der Waals surface area contributed by atoms with Crippen LogP contribution in [0.2, 0.25) is 0 Å². The van der Waals surface area contributed by atoms with Gasteiger partial charge in [-0.1, -0.05) is 44.7 Å². The SMILES string of the molecule is CCCC(OC)c1cccc(OCC2CCCCC2)c1. The summed E-state index contributed by atoms with van der Waals surface area (Å²) < 4.78 is 11.6. The first-order valence-corrected chi connectivity index (χ1v) is 8.09. The van der Waals surface area contributed by atoms with Gasteiger partial charge in [-0.25, -0.2) is 0 Å². The van der Waals surface area contributed by atoms with Crippen molar-refractivity contribution in [1.29, 1.82) is 0 Å². The quantitative estimate of drug-likeness (QED) is 0.687. The van der Waals surface area contributed by atoms with E-state index in [0.29, 0.717) is 0 Å². The van der Waals surface area contributed by atoms with Crippen molar-refractivity contribution in [3.05, 3.63) is 29.8 Å². The first-order chi connectivity index (χ1) is 9.83. The molecule has 1 unspecified atom stereocenters. The van der Waals surface area contributed by atoms with Crippen molar-refractivity contribution in [3.8, 4) is 5.75 Å².